The van der Waals surface area contributed by atoms with Gasteiger partial charge in [-0.3, -0.25) is 4.68 Å². The highest BCUT2D eigenvalue weighted by molar-refractivity contribution is 5.50. The van der Waals surface area contributed by atoms with Crippen molar-refractivity contribution in [2.75, 3.05) is 37.8 Å². The molecule has 6 nitrogen and oxygen atoms in total. The Morgan fingerprint density at radius 1 is 1.42 bits per heavy atom. The van der Waals surface area contributed by atoms with E-state index in [-0.39, 0.29) is 12.6 Å². The number of aliphatic hydroxyl groups is 1. The number of hydrogen-bond acceptors (Lipinski definition) is 5. The monoisotopic (exact) mass is 268 g/mol. The van der Waals surface area contributed by atoms with Crippen LogP contribution in [0.2, 0.25) is 0 Å². The summed E-state index contributed by atoms with van der Waals surface area (Å²) in [5.41, 5.74) is 2.26. The maximum Gasteiger partial charge on any atom is 0.131 e. The Morgan fingerprint density at radius 2 is 2.11 bits per heavy atom. The number of morpholine rings is 1. The number of aryl methyl sites for hydroxylation is 2. The van der Waals surface area contributed by atoms with Crippen LogP contribution in [-0.2, 0) is 18.3 Å². The molecule has 0 amide bonds. The maximum atomic E-state index is 9.10. The summed E-state index contributed by atoms with van der Waals surface area (Å²) in [5.74, 6) is 1.17. The zero-order chi connectivity index (χ0) is 13.8. The summed E-state index contributed by atoms with van der Waals surface area (Å²) < 4.78 is 7.35. The highest BCUT2D eigenvalue weighted by atomic mass is 16.5. The first-order valence-corrected chi connectivity index (χ1v) is 6.83. The van der Waals surface area contributed by atoms with Gasteiger partial charge < -0.3 is 20.1 Å². The lowest BCUT2D eigenvalue weighted by atomic mass is 10.2. The average Bonchev–Trinajstić information content (AvgIpc) is 2.71. The summed E-state index contributed by atoms with van der Waals surface area (Å²) >= 11 is 0. The number of nitrogens with one attached hydrogen (secondary N) is 1. The number of rotatable bonds is 5. The second kappa shape index (κ2) is 6.36. The van der Waals surface area contributed by atoms with Crippen LogP contribution in [-0.4, -0.2) is 53.8 Å². The summed E-state index contributed by atoms with van der Waals surface area (Å²) in [5, 5.41) is 16.9. The molecule has 1 aromatic heterocycles. The molecule has 19 heavy (non-hydrogen) atoms. The summed E-state index contributed by atoms with van der Waals surface area (Å²) in [7, 11) is 1.98. The van der Waals surface area contributed by atoms with Gasteiger partial charge in [-0.05, 0) is 13.8 Å². The maximum absolute atomic E-state index is 9.10. The Hall–Kier alpha value is -1.11. The van der Waals surface area contributed by atoms with E-state index in [2.05, 4.69) is 15.3 Å². The van der Waals surface area contributed by atoms with Crippen molar-refractivity contribution < 1.29 is 9.84 Å². The van der Waals surface area contributed by atoms with Crippen molar-refractivity contribution in [1.82, 2.24) is 15.1 Å². The number of hydrogen-bond donors (Lipinski definition) is 2. The summed E-state index contributed by atoms with van der Waals surface area (Å²) in [4.78, 5) is 2.32. The third-order valence-corrected chi connectivity index (χ3v) is 3.52. The van der Waals surface area contributed by atoms with E-state index in [0.29, 0.717) is 0 Å². The number of aliphatic hydroxyl groups excluding tert-OH is 1. The average molecular weight is 268 g/mol. The van der Waals surface area contributed by atoms with Crippen LogP contribution >= 0.6 is 0 Å². The fourth-order valence-electron chi connectivity index (χ4n) is 2.41. The van der Waals surface area contributed by atoms with Crippen molar-refractivity contribution in [2.24, 2.45) is 7.05 Å². The van der Waals surface area contributed by atoms with Gasteiger partial charge in [-0.15, -0.1) is 0 Å². The molecule has 108 valence electrons. The van der Waals surface area contributed by atoms with Gasteiger partial charge in [-0.1, -0.05) is 0 Å². The molecule has 1 atom stereocenters. The lowest BCUT2D eigenvalue weighted by molar-refractivity contribution is 0.122. The molecular weight excluding hydrogens is 244 g/mol. The number of anilines is 1. The number of ether oxygens (including phenoxy) is 1. The molecule has 0 radical (unpaired) electrons. The predicted molar refractivity (Wildman–Crippen MR) is 74.4 cm³/mol. The van der Waals surface area contributed by atoms with Gasteiger partial charge in [0, 0.05) is 38.3 Å². The Morgan fingerprint density at radius 3 is 2.74 bits per heavy atom. The van der Waals surface area contributed by atoms with Crippen LogP contribution in [0.1, 0.15) is 18.2 Å². The first-order valence-electron chi connectivity index (χ1n) is 6.83. The number of nitrogens with zero attached hydrogens (tertiary/aromatic N) is 3. The van der Waals surface area contributed by atoms with Gasteiger partial charge in [0.05, 0.1) is 25.5 Å². The lowest BCUT2D eigenvalue weighted by Crippen LogP contribution is -2.38. The van der Waals surface area contributed by atoms with Gasteiger partial charge in [0.2, 0.25) is 0 Å². The van der Waals surface area contributed by atoms with Gasteiger partial charge in [0.25, 0.3) is 0 Å². The molecule has 2 N–H and O–H groups in total. The van der Waals surface area contributed by atoms with E-state index in [1.807, 2.05) is 25.6 Å². The van der Waals surface area contributed by atoms with Crippen LogP contribution in [0, 0.1) is 6.92 Å². The summed E-state index contributed by atoms with van der Waals surface area (Å²) in [6.45, 7) is 8.22. The smallest absolute Gasteiger partial charge is 0.131 e. The predicted octanol–water partition coefficient (Wildman–Crippen LogP) is 0.0355. The molecule has 0 aliphatic carbocycles. The van der Waals surface area contributed by atoms with Crippen LogP contribution < -0.4 is 10.2 Å². The molecule has 1 aliphatic heterocycles. The Labute approximate surface area is 114 Å². The second-order valence-electron chi connectivity index (χ2n) is 5.08. The minimum atomic E-state index is 0.0946. The van der Waals surface area contributed by atoms with Crippen molar-refractivity contribution in [2.45, 2.75) is 26.4 Å². The van der Waals surface area contributed by atoms with Gasteiger partial charge >= 0.3 is 0 Å². The van der Waals surface area contributed by atoms with Crippen molar-refractivity contribution in [1.29, 1.82) is 0 Å². The van der Waals surface area contributed by atoms with Crippen LogP contribution in [0.5, 0.6) is 0 Å². The SMILES string of the molecule is Cc1nn(C)c(N2CCOCC2)c1CN[C@H](C)CO. The standard InChI is InChI=1S/C13H24N4O2/c1-10(9-18)14-8-12-11(2)15-16(3)13(12)17-4-6-19-7-5-17/h10,14,18H,4-9H2,1-3H3/t10-/m1/s1. The molecule has 0 spiro atoms. The van der Waals surface area contributed by atoms with Crippen molar-refractivity contribution in [3.63, 3.8) is 0 Å². The van der Waals surface area contributed by atoms with Crippen LogP contribution in [0.15, 0.2) is 0 Å². The van der Waals surface area contributed by atoms with Crippen molar-refractivity contribution in [3.05, 3.63) is 11.3 Å². The molecule has 0 saturated carbocycles. The highest BCUT2D eigenvalue weighted by Crippen LogP contribution is 2.24. The Bertz CT molecular complexity index is 413. The largest absolute Gasteiger partial charge is 0.395 e. The molecule has 1 fully saturated rings. The van der Waals surface area contributed by atoms with E-state index >= 15 is 0 Å². The van der Waals surface area contributed by atoms with E-state index in [9.17, 15) is 0 Å². The first-order chi connectivity index (χ1) is 9.13. The van der Waals surface area contributed by atoms with E-state index < -0.39 is 0 Å². The Balaban J connectivity index is 2.16. The molecule has 1 aromatic rings. The van der Waals surface area contributed by atoms with Crippen LogP contribution in [0.25, 0.3) is 0 Å². The van der Waals surface area contributed by atoms with Crippen LogP contribution in [0.4, 0.5) is 5.82 Å². The molecular formula is C13H24N4O2. The van der Waals surface area contributed by atoms with E-state index in [1.165, 1.54) is 11.4 Å². The molecule has 6 heteroatoms. The highest BCUT2D eigenvalue weighted by Gasteiger charge is 2.21. The number of aromatic nitrogens is 2. The fourth-order valence-corrected chi connectivity index (χ4v) is 2.41. The van der Waals surface area contributed by atoms with E-state index in [4.69, 9.17) is 9.84 Å². The molecule has 1 saturated heterocycles. The minimum absolute atomic E-state index is 0.0946. The van der Waals surface area contributed by atoms with Gasteiger partial charge in [-0.2, -0.15) is 5.10 Å². The zero-order valence-corrected chi connectivity index (χ0v) is 12.0. The van der Waals surface area contributed by atoms with E-state index in [0.717, 1.165) is 38.5 Å². The van der Waals surface area contributed by atoms with Gasteiger partial charge in [0.15, 0.2) is 0 Å². The normalized spacial score (nSPS) is 17.8. The molecule has 0 aromatic carbocycles. The molecule has 0 bridgehead atoms. The van der Waals surface area contributed by atoms with Gasteiger partial charge in [0.1, 0.15) is 5.82 Å². The third-order valence-electron chi connectivity index (χ3n) is 3.52. The van der Waals surface area contributed by atoms with Crippen LogP contribution in [0.3, 0.4) is 0 Å². The quantitative estimate of drug-likeness (QED) is 0.789. The Kier molecular flexibility index (Phi) is 4.79. The summed E-state index contributed by atoms with van der Waals surface area (Å²) in [6.07, 6.45) is 0. The zero-order valence-electron chi connectivity index (χ0n) is 12.0. The fraction of sp³-hybridized carbons (Fsp3) is 0.769. The minimum Gasteiger partial charge on any atom is -0.395 e. The second-order valence-corrected chi connectivity index (χ2v) is 5.08. The molecule has 0 unspecified atom stereocenters. The van der Waals surface area contributed by atoms with Crippen molar-refractivity contribution >= 4 is 5.82 Å². The lowest BCUT2D eigenvalue weighted by Gasteiger charge is -2.29. The molecule has 2 heterocycles. The molecule has 1 aliphatic rings. The van der Waals surface area contributed by atoms with Gasteiger partial charge in [-0.25, -0.2) is 0 Å². The summed E-state index contributed by atoms with van der Waals surface area (Å²) in [6, 6.07) is 0.0946. The van der Waals surface area contributed by atoms with Crippen molar-refractivity contribution in [3.8, 4) is 0 Å². The molecule has 2 rings (SSSR count). The van der Waals surface area contributed by atoms with E-state index in [1.54, 1.807) is 0 Å². The topological polar surface area (TPSA) is 62.5 Å². The third kappa shape index (κ3) is 3.26. The first kappa shape index (κ1) is 14.3.